The first-order valence-electron chi connectivity index (χ1n) is 6.30. The number of nitrogens with zero attached hydrogens (tertiary/aromatic N) is 1. The van der Waals surface area contributed by atoms with Crippen LogP contribution in [-0.2, 0) is 9.53 Å². The quantitative estimate of drug-likeness (QED) is 0.454. The van der Waals surface area contributed by atoms with E-state index in [0.29, 0.717) is 23.2 Å². The predicted molar refractivity (Wildman–Crippen MR) is 64.1 cm³/mol. The monoisotopic (exact) mass is 238 g/mol. The van der Waals surface area contributed by atoms with Gasteiger partial charge in [-0.1, -0.05) is 6.08 Å². The van der Waals surface area contributed by atoms with Crippen LogP contribution in [0.3, 0.4) is 0 Å². The van der Waals surface area contributed by atoms with E-state index in [0.717, 1.165) is 32.5 Å². The van der Waals surface area contributed by atoms with Gasteiger partial charge in [-0.2, -0.15) is 0 Å². The van der Waals surface area contributed by atoms with Crippen molar-refractivity contribution in [1.29, 1.82) is 0 Å². The van der Waals surface area contributed by atoms with Gasteiger partial charge in [-0.05, 0) is 13.0 Å². The average Bonchev–Trinajstić information content (AvgIpc) is 2.30. The van der Waals surface area contributed by atoms with Crippen LogP contribution in [-0.4, -0.2) is 41.8 Å². The molecular weight excluding hydrogens is 218 g/mol. The van der Waals surface area contributed by atoms with Crippen molar-refractivity contribution in [3.63, 3.8) is 0 Å². The maximum absolute atomic E-state index is 12.0. The third-order valence-electron chi connectivity index (χ3n) is 3.56. The number of carbonyl (C=O) groups is 1. The molecule has 0 aromatic rings. The van der Waals surface area contributed by atoms with Gasteiger partial charge < -0.3 is 9.84 Å². The number of allylic oxidation sites excluding steroid dienone is 1. The molecule has 0 amide bonds. The van der Waals surface area contributed by atoms with Crippen LogP contribution in [0.4, 0.5) is 0 Å². The van der Waals surface area contributed by atoms with Gasteiger partial charge in [0.1, 0.15) is 6.54 Å². The molecule has 2 aliphatic rings. The summed E-state index contributed by atoms with van der Waals surface area (Å²) < 4.78 is 5.65. The Bertz CT molecular complexity index is 373. The van der Waals surface area contributed by atoms with Crippen molar-refractivity contribution in [1.82, 2.24) is 0 Å². The van der Waals surface area contributed by atoms with Gasteiger partial charge in [-0.25, -0.2) is 4.79 Å². The zero-order valence-corrected chi connectivity index (χ0v) is 10.3. The second-order valence-corrected chi connectivity index (χ2v) is 4.65. The Balaban J connectivity index is 2.33. The zero-order valence-electron chi connectivity index (χ0n) is 10.3. The van der Waals surface area contributed by atoms with Gasteiger partial charge in [0, 0.05) is 19.3 Å². The van der Waals surface area contributed by atoms with Gasteiger partial charge in [-0.15, -0.1) is 0 Å². The van der Waals surface area contributed by atoms with Crippen LogP contribution in [0.2, 0.25) is 0 Å². The first-order chi connectivity index (χ1) is 8.19. The highest BCUT2D eigenvalue weighted by atomic mass is 16.5. The molecule has 0 radical (unpaired) electrons. The third-order valence-corrected chi connectivity index (χ3v) is 3.56. The van der Waals surface area contributed by atoms with E-state index in [4.69, 9.17) is 4.74 Å². The van der Waals surface area contributed by atoms with E-state index in [-0.39, 0.29) is 11.7 Å². The molecule has 2 rings (SSSR count). The summed E-state index contributed by atoms with van der Waals surface area (Å²) >= 11 is 0. The molecule has 1 spiro atoms. The zero-order chi connectivity index (χ0) is 12.3. The van der Waals surface area contributed by atoms with E-state index in [1.165, 1.54) is 0 Å². The topological polar surface area (TPSA) is 46.5 Å². The predicted octanol–water partition coefficient (Wildman–Crippen LogP) is 1.89. The van der Waals surface area contributed by atoms with Crippen LogP contribution in [0.5, 0.6) is 0 Å². The highest BCUT2D eigenvalue weighted by Crippen LogP contribution is 2.31. The summed E-state index contributed by atoms with van der Waals surface area (Å²) in [4.78, 5) is 12.0. The van der Waals surface area contributed by atoms with Crippen molar-refractivity contribution in [3.8, 4) is 0 Å². The van der Waals surface area contributed by atoms with Gasteiger partial charge in [0.2, 0.25) is 0 Å². The molecule has 1 N–H and O–H groups in total. The van der Waals surface area contributed by atoms with Crippen molar-refractivity contribution in [3.05, 3.63) is 23.6 Å². The van der Waals surface area contributed by atoms with Crippen molar-refractivity contribution in [2.24, 2.45) is 0 Å². The Morgan fingerprint density at radius 2 is 2.29 bits per heavy atom. The largest absolute Gasteiger partial charge is 0.506 e. The summed E-state index contributed by atoms with van der Waals surface area (Å²) in [7, 11) is 0. The van der Waals surface area contributed by atoms with Crippen LogP contribution in [0.1, 0.15) is 26.2 Å². The van der Waals surface area contributed by atoms with E-state index in [2.05, 4.69) is 12.2 Å². The summed E-state index contributed by atoms with van der Waals surface area (Å²) in [5.41, 5.74) is 0.488. The first-order valence-corrected chi connectivity index (χ1v) is 6.30. The van der Waals surface area contributed by atoms with Gasteiger partial charge in [0.05, 0.1) is 19.7 Å². The Labute approximate surface area is 102 Å². The third kappa shape index (κ3) is 2.22. The van der Waals surface area contributed by atoms with Crippen molar-refractivity contribution < 1.29 is 19.1 Å². The number of esters is 1. The fraction of sp³-hybridized carbons (Fsp3) is 0.615. The van der Waals surface area contributed by atoms with Gasteiger partial charge >= 0.3 is 5.97 Å². The summed E-state index contributed by atoms with van der Waals surface area (Å²) in [5, 5.41) is 10.0. The van der Waals surface area contributed by atoms with E-state index < -0.39 is 0 Å². The van der Waals surface area contributed by atoms with Gasteiger partial charge in [0.25, 0.3) is 5.70 Å². The summed E-state index contributed by atoms with van der Waals surface area (Å²) in [6.07, 6.45) is 6.72. The Morgan fingerprint density at radius 1 is 1.47 bits per heavy atom. The molecule has 1 atom stereocenters. The van der Waals surface area contributed by atoms with Crippen LogP contribution >= 0.6 is 0 Å². The minimum absolute atomic E-state index is 0.227. The maximum Gasteiger partial charge on any atom is 0.396 e. The van der Waals surface area contributed by atoms with E-state index >= 15 is 0 Å². The highest BCUT2D eigenvalue weighted by Gasteiger charge is 2.43. The number of aliphatic hydroxyl groups excluding tert-OH is 1. The van der Waals surface area contributed by atoms with Crippen LogP contribution in [0.25, 0.3) is 0 Å². The molecule has 0 aromatic carbocycles. The normalized spacial score (nSPS) is 28.5. The molecule has 1 unspecified atom stereocenters. The van der Waals surface area contributed by atoms with Gasteiger partial charge in [-0.3, -0.25) is 4.48 Å². The summed E-state index contributed by atoms with van der Waals surface area (Å²) in [6.45, 7) is 4.74. The fourth-order valence-corrected chi connectivity index (χ4v) is 2.78. The van der Waals surface area contributed by atoms with Crippen LogP contribution < -0.4 is 0 Å². The lowest BCUT2D eigenvalue weighted by Gasteiger charge is -2.41. The second-order valence-electron chi connectivity index (χ2n) is 4.65. The summed E-state index contributed by atoms with van der Waals surface area (Å²) in [6, 6.07) is 0. The maximum atomic E-state index is 12.0. The number of rotatable bonds is 2. The van der Waals surface area contributed by atoms with Crippen LogP contribution in [0.15, 0.2) is 23.6 Å². The number of aliphatic hydroxyl groups is 1. The molecule has 0 aromatic heterocycles. The SMILES string of the molecule is CCOC(=O)C1=C(O)CCC[N+]12CC=CCC2. The van der Waals surface area contributed by atoms with Crippen LogP contribution in [0, 0.1) is 0 Å². The second kappa shape index (κ2) is 4.92. The Hall–Kier alpha value is -1.29. The molecule has 0 aliphatic carbocycles. The fourth-order valence-electron chi connectivity index (χ4n) is 2.78. The smallest absolute Gasteiger partial charge is 0.396 e. The molecule has 2 aliphatic heterocycles. The molecule has 17 heavy (non-hydrogen) atoms. The first kappa shape index (κ1) is 12.2. The van der Waals surface area contributed by atoms with E-state index in [9.17, 15) is 9.90 Å². The molecule has 94 valence electrons. The lowest BCUT2D eigenvalue weighted by Crippen LogP contribution is -2.54. The molecule has 0 saturated heterocycles. The number of carbonyl (C=O) groups excluding carboxylic acids is 1. The molecular formula is C13H20NO3+. The van der Waals surface area contributed by atoms with E-state index in [1.807, 2.05) is 0 Å². The Morgan fingerprint density at radius 3 is 2.94 bits per heavy atom. The molecule has 0 saturated carbocycles. The number of quaternary nitrogens is 1. The highest BCUT2D eigenvalue weighted by molar-refractivity contribution is 5.86. The average molecular weight is 238 g/mol. The number of ether oxygens (including phenoxy) is 1. The Kier molecular flexibility index (Phi) is 3.52. The molecule has 0 bridgehead atoms. The lowest BCUT2D eigenvalue weighted by molar-refractivity contribution is -0.887. The molecule has 0 fully saturated rings. The van der Waals surface area contributed by atoms with E-state index in [1.54, 1.807) is 6.92 Å². The van der Waals surface area contributed by atoms with Crippen molar-refractivity contribution in [2.75, 3.05) is 26.2 Å². The molecule has 4 heteroatoms. The lowest BCUT2D eigenvalue weighted by atomic mass is 10.0. The minimum atomic E-state index is -0.347. The number of hydrogen-bond acceptors (Lipinski definition) is 3. The molecule has 4 nitrogen and oxygen atoms in total. The minimum Gasteiger partial charge on any atom is -0.506 e. The number of hydrogen-bond donors (Lipinski definition) is 1. The molecule has 2 heterocycles. The van der Waals surface area contributed by atoms with Crippen molar-refractivity contribution >= 4 is 5.97 Å². The van der Waals surface area contributed by atoms with Crippen molar-refractivity contribution in [2.45, 2.75) is 26.2 Å². The van der Waals surface area contributed by atoms with Gasteiger partial charge in [0.15, 0.2) is 5.76 Å². The summed E-state index contributed by atoms with van der Waals surface area (Å²) in [5.74, 6) is -0.120. The standard InChI is InChI=1S/C13H19NO3/c1-2-17-13(16)12-11(15)7-6-10-14(12)8-4-3-5-9-14/h3-4H,2,5-10H2,1H3/p+1.